The van der Waals surface area contributed by atoms with E-state index in [-0.39, 0.29) is 5.92 Å². The van der Waals surface area contributed by atoms with Crippen molar-refractivity contribution in [3.05, 3.63) is 223 Å². The zero-order chi connectivity index (χ0) is 36.3. The third-order valence-electron chi connectivity index (χ3n) is 12.0. The van der Waals surface area contributed by atoms with Crippen molar-refractivity contribution in [3.63, 3.8) is 0 Å². The first-order valence-corrected chi connectivity index (χ1v) is 19.3. The van der Waals surface area contributed by atoms with E-state index < -0.39 is 5.41 Å². The molecule has 1 N–H and O–H groups in total. The second kappa shape index (κ2) is 12.6. The van der Waals surface area contributed by atoms with Crippen LogP contribution in [0.3, 0.4) is 0 Å². The van der Waals surface area contributed by atoms with E-state index in [0.717, 1.165) is 17.8 Å². The van der Waals surface area contributed by atoms with Gasteiger partial charge in [0.1, 0.15) is 0 Å². The number of para-hydroxylation sites is 2. The van der Waals surface area contributed by atoms with E-state index >= 15 is 0 Å². The second-order valence-electron chi connectivity index (χ2n) is 14.9. The predicted octanol–water partition coefficient (Wildman–Crippen LogP) is 13.8. The summed E-state index contributed by atoms with van der Waals surface area (Å²) in [6.07, 6.45) is 10.2. The van der Waals surface area contributed by atoms with Gasteiger partial charge in [-0.2, -0.15) is 0 Å². The van der Waals surface area contributed by atoms with Crippen LogP contribution in [-0.2, 0) is 5.41 Å². The molecule has 2 aliphatic rings. The number of nitrogens with one attached hydrogen (secondary N) is 1. The Morgan fingerprint density at radius 1 is 0.491 bits per heavy atom. The molecule has 2 atom stereocenters. The molecule has 11 rings (SSSR count). The Kier molecular flexibility index (Phi) is 7.25. The Balaban J connectivity index is 1.09. The summed E-state index contributed by atoms with van der Waals surface area (Å²) in [5, 5.41) is 8.89. The predicted molar refractivity (Wildman–Crippen MR) is 232 cm³/mol. The number of hydrogen-bond donors (Lipinski definition) is 1. The van der Waals surface area contributed by atoms with Gasteiger partial charge in [0, 0.05) is 27.8 Å². The zero-order valence-electron chi connectivity index (χ0n) is 30.4. The standard InChI is InChI=1S/C53H38N2/c1-4-17-38(18-5-1)53(39-19-6-2-7-20-39)49-33-37(44-25-14-16-36-15-10-11-23-43(36)44)27-30-45(49)46-31-28-41(35-50(46)53)54-40-29-32-52-48(34-40)47-24-12-13-26-51(47)55(52)42-21-8-3-9-22-42/h1-19,21-35,39,54H,20H2. The quantitative estimate of drug-likeness (QED) is 0.183. The summed E-state index contributed by atoms with van der Waals surface area (Å²) >= 11 is 0. The normalized spacial score (nSPS) is 17.1. The van der Waals surface area contributed by atoms with E-state index in [1.54, 1.807) is 0 Å². The van der Waals surface area contributed by atoms with Gasteiger partial charge in [-0.25, -0.2) is 0 Å². The van der Waals surface area contributed by atoms with Crippen LogP contribution in [0.15, 0.2) is 206 Å². The van der Waals surface area contributed by atoms with Crippen LogP contribution in [0.4, 0.5) is 11.4 Å². The number of nitrogens with zero attached hydrogens (tertiary/aromatic N) is 1. The van der Waals surface area contributed by atoms with Gasteiger partial charge < -0.3 is 9.88 Å². The van der Waals surface area contributed by atoms with E-state index in [0.29, 0.717) is 0 Å². The van der Waals surface area contributed by atoms with Crippen LogP contribution in [0.25, 0.3) is 60.5 Å². The van der Waals surface area contributed by atoms with Crippen molar-refractivity contribution in [1.82, 2.24) is 4.57 Å². The number of hydrogen-bond acceptors (Lipinski definition) is 1. The summed E-state index contributed by atoms with van der Waals surface area (Å²) in [6, 6.07) is 67.1. The highest BCUT2D eigenvalue weighted by atomic mass is 15.0. The summed E-state index contributed by atoms with van der Waals surface area (Å²) in [4.78, 5) is 0. The van der Waals surface area contributed by atoms with Crippen LogP contribution in [0.5, 0.6) is 0 Å². The molecule has 0 saturated carbocycles. The Morgan fingerprint density at radius 3 is 2.00 bits per heavy atom. The second-order valence-corrected chi connectivity index (χ2v) is 14.9. The van der Waals surface area contributed by atoms with Crippen molar-refractivity contribution in [3.8, 4) is 27.9 Å². The lowest BCUT2D eigenvalue weighted by Crippen LogP contribution is -2.35. The van der Waals surface area contributed by atoms with Crippen LogP contribution in [0.1, 0.15) is 23.1 Å². The highest BCUT2D eigenvalue weighted by Crippen LogP contribution is 2.59. The lowest BCUT2D eigenvalue weighted by molar-refractivity contribution is 0.457. The summed E-state index contributed by atoms with van der Waals surface area (Å²) in [5.41, 5.74) is 14.5. The number of fused-ring (bicyclic) bond motifs is 7. The first-order chi connectivity index (χ1) is 27.3. The van der Waals surface area contributed by atoms with Gasteiger partial charge in [0.05, 0.1) is 16.4 Å². The minimum atomic E-state index is -0.390. The van der Waals surface area contributed by atoms with E-state index in [1.807, 2.05) is 0 Å². The van der Waals surface area contributed by atoms with Crippen molar-refractivity contribution in [1.29, 1.82) is 0 Å². The lowest BCUT2D eigenvalue weighted by atomic mass is 9.62. The fourth-order valence-corrected chi connectivity index (χ4v) is 9.68. The number of rotatable bonds is 6. The van der Waals surface area contributed by atoms with E-state index in [9.17, 15) is 0 Å². The maximum Gasteiger partial charge on any atom is 0.0542 e. The summed E-state index contributed by atoms with van der Waals surface area (Å²) < 4.78 is 2.37. The molecule has 0 bridgehead atoms. The molecular weight excluding hydrogens is 665 g/mol. The van der Waals surface area contributed by atoms with Crippen molar-refractivity contribution < 1.29 is 0 Å². The van der Waals surface area contributed by atoms with Crippen LogP contribution in [0.2, 0.25) is 0 Å². The minimum Gasteiger partial charge on any atom is -0.355 e. The van der Waals surface area contributed by atoms with Crippen LogP contribution in [0, 0.1) is 5.92 Å². The molecular formula is C53H38N2. The number of allylic oxidation sites excluding steroid dienone is 4. The molecule has 1 heterocycles. The molecule has 260 valence electrons. The molecule has 8 aromatic carbocycles. The Labute approximate surface area is 321 Å². The fourth-order valence-electron chi connectivity index (χ4n) is 9.68. The van der Waals surface area contributed by atoms with Crippen molar-refractivity contribution >= 4 is 44.0 Å². The average molecular weight is 703 g/mol. The zero-order valence-corrected chi connectivity index (χ0v) is 30.4. The lowest BCUT2D eigenvalue weighted by Gasteiger charge is -2.40. The maximum absolute atomic E-state index is 3.87. The van der Waals surface area contributed by atoms with Gasteiger partial charge in [0.15, 0.2) is 0 Å². The topological polar surface area (TPSA) is 17.0 Å². The summed E-state index contributed by atoms with van der Waals surface area (Å²) in [7, 11) is 0. The monoisotopic (exact) mass is 702 g/mol. The maximum atomic E-state index is 3.87. The minimum absolute atomic E-state index is 0.235. The third-order valence-corrected chi connectivity index (χ3v) is 12.0. The van der Waals surface area contributed by atoms with Gasteiger partial charge >= 0.3 is 0 Å². The van der Waals surface area contributed by atoms with Crippen LogP contribution in [-0.4, -0.2) is 4.57 Å². The van der Waals surface area contributed by atoms with Crippen molar-refractivity contribution in [2.75, 3.05) is 5.32 Å². The molecule has 55 heavy (non-hydrogen) atoms. The Bertz CT molecular complexity index is 2980. The first kappa shape index (κ1) is 31.6. The summed E-state index contributed by atoms with van der Waals surface area (Å²) in [6.45, 7) is 0. The van der Waals surface area contributed by atoms with Gasteiger partial charge in [-0.05, 0) is 117 Å². The molecule has 9 aromatic rings. The van der Waals surface area contributed by atoms with Crippen molar-refractivity contribution in [2.24, 2.45) is 5.92 Å². The number of benzene rings is 8. The molecule has 2 nitrogen and oxygen atoms in total. The van der Waals surface area contributed by atoms with Crippen LogP contribution < -0.4 is 5.32 Å². The van der Waals surface area contributed by atoms with E-state index in [4.69, 9.17) is 0 Å². The van der Waals surface area contributed by atoms with Crippen molar-refractivity contribution in [2.45, 2.75) is 11.8 Å². The molecule has 0 spiro atoms. The molecule has 2 unspecified atom stereocenters. The van der Waals surface area contributed by atoms with Gasteiger partial charge in [-0.1, -0.05) is 152 Å². The molecule has 0 radical (unpaired) electrons. The fraction of sp³-hybridized carbons (Fsp3) is 0.0566. The number of anilines is 2. The van der Waals surface area contributed by atoms with Gasteiger partial charge in [0.2, 0.25) is 0 Å². The smallest absolute Gasteiger partial charge is 0.0542 e. The van der Waals surface area contributed by atoms with Gasteiger partial charge in [-0.15, -0.1) is 0 Å². The largest absolute Gasteiger partial charge is 0.355 e. The first-order valence-electron chi connectivity index (χ1n) is 19.3. The molecule has 2 heteroatoms. The van der Waals surface area contributed by atoms with E-state index in [1.165, 1.54) is 77.2 Å². The third kappa shape index (κ3) is 4.88. The van der Waals surface area contributed by atoms with E-state index in [2.05, 4.69) is 216 Å². The number of aromatic nitrogens is 1. The Hall–Kier alpha value is -6.90. The average Bonchev–Trinajstić information content (AvgIpc) is 3.74. The molecule has 0 aliphatic heterocycles. The Morgan fingerprint density at radius 2 is 1.16 bits per heavy atom. The molecule has 0 saturated heterocycles. The highest BCUT2D eigenvalue weighted by Gasteiger charge is 2.49. The SMILES string of the molecule is C1=CCC(C2(c3ccccc3)c3cc(Nc4ccc5c(c4)c4ccccc4n5-c4ccccc4)ccc3-c3ccc(-c4cccc5ccccc45)cc32)C=C1. The summed E-state index contributed by atoms with van der Waals surface area (Å²) in [5.74, 6) is 0.235. The van der Waals surface area contributed by atoms with Gasteiger partial charge in [-0.3, -0.25) is 0 Å². The van der Waals surface area contributed by atoms with Gasteiger partial charge in [0.25, 0.3) is 0 Å². The molecule has 1 aromatic heterocycles. The van der Waals surface area contributed by atoms with Crippen LogP contribution >= 0.6 is 0 Å². The highest BCUT2D eigenvalue weighted by molar-refractivity contribution is 6.10. The molecule has 2 aliphatic carbocycles. The molecule has 0 fully saturated rings. The molecule has 0 amide bonds.